The number of sulfonamides is 1. The number of nitrogens with two attached hydrogens (primary N) is 1. The van der Waals surface area contributed by atoms with Crippen LogP contribution in [0.3, 0.4) is 0 Å². The molecular weight excluding hydrogens is 316 g/mol. The molecule has 1 heterocycles. The molecule has 2 aromatic rings. The Balaban J connectivity index is 2.23. The van der Waals surface area contributed by atoms with E-state index in [0.29, 0.717) is 17.5 Å². The predicted molar refractivity (Wildman–Crippen MR) is 91.4 cm³/mol. The lowest BCUT2D eigenvalue weighted by molar-refractivity contribution is 0.598. The molecule has 0 fully saturated rings. The summed E-state index contributed by atoms with van der Waals surface area (Å²) in [5, 5.41) is 14.3. The summed E-state index contributed by atoms with van der Waals surface area (Å²) in [6.07, 6.45) is 1.67. The third kappa shape index (κ3) is 4.54. The molecule has 0 amide bonds. The molecule has 0 spiro atoms. The van der Waals surface area contributed by atoms with Crippen molar-refractivity contribution in [3.05, 3.63) is 30.5 Å². The number of rotatable bonds is 6. The van der Waals surface area contributed by atoms with Crippen LogP contribution in [0.25, 0.3) is 0 Å². The summed E-state index contributed by atoms with van der Waals surface area (Å²) in [4.78, 5) is 8.68. The number of anilines is 4. The maximum absolute atomic E-state index is 11.2. The van der Waals surface area contributed by atoms with Crippen LogP contribution in [0.2, 0.25) is 0 Å². The number of hydrogen-bond acceptors (Lipinski definition) is 7. The summed E-state index contributed by atoms with van der Waals surface area (Å²) in [7, 11) is -1.90. The predicted octanol–water partition coefficient (Wildman–Crippen LogP) is 1.73. The molecule has 5 N–H and O–H groups in total. The Labute approximate surface area is 135 Å². The van der Waals surface area contributed by atoms with Crippen LogP contribution in [0.15, 0.2) is 35.4 Å². The van der Waals surface area contributed by atoms with E-state index in [1.807, 2.05) is 13.8 Å². The van der Waals surface area contributed by atoms with Crippen LogP contribution in [0.1, 0.15) is 13.8 Å². The number of hydrogen-bond donors (Lipinski definition) is 4. The Morgan fingerprint density at radius 3 is 2.35 bits per heavy atom. The molecule has 0 bridgehead atoms. The second-order valence-electron chi connectivity index (χ2n) is 5.20. The summed E-state index contributed by atoms with van der Waals surface area (Å²) in [5.41, 5.74) is 1.44. The van der Waals surface area contributed by atoms with Crippen LogP contribution in [-0.2, 0) is 10.0 Å². The molecule has 0 saturated heterocycles. The average molecular weight is 336 g/mol. The van der Waals surface area contributed by atoms with Crippen molar-refractivity contribution >= 4 is 33.2 Å². The maximum Gasteiger partial charge on any atom is 0.238 e. The smallest absolute Gasteiger partial charge is 0.238 e. The van der Waals surface area contributed by atoms with E-state index in [0.717, 1.165) is 5.69 Å². The first kappa shape index (κ1) is 17.0. The van der Waals surface area contributed by atoms with Gasteiger partial charge in [0.2, 0.25) is 16.0 Å². The van der Waals surface area contributed by atoms with Crippen molar-refractivity contribution < 1.29 is 8.42 Å². The van der Waals surface area contributed by atoms with Gasteiger partial charge in [-0.25, -0.2) is 18.5 Å². The molecule has 8 nitrogen and oxygen atoms in total. The normalized spacial score (nSPS) is 11.3. The van der Waals surface area contributed by atoms with Gasteiger partial charge < -0.3 is 16.0 Å². The molecular formula is C14H20N6O2S. The molecule has 0 radical (unpaired) electrons. The van der Waals surface area contributed by atoms with E-state index in [9.17, 15) is 8.42 Å². The summed E-state index contributed by atoms with van der Waals surface area (Å²) in [6.45, 7) is 4.03. The van der Waals surface area contributed by atoms with E-state index in [1.54, 1.807) is 25.4 Å². The fraction of sp³-hybridized carbons (Fsp3) is 0.286. The quantitative estimate of drug-likeness (QED) is 0.633. The lowest BCUT2D eigenvalue weighted by atomic mass is 10.3. The molecule has 0 saturated carbocycles. The first-order chi connectivity index (χ1) is 10.8. The summed E-state index contributed by atoms with van der Waals surface area (Å²) >= 11 is 0. The molecule has 0 aliphatic carbocycles. The number of nitrogens with zero attached hydrogens (tertiary/aromatic N) is 2. The van der Waals surface area contributed by atoms with Crippen molar-refractivity contribution in [2.75, 3.05) is 23.0 Å². The standard InChI is InChI=1S/C14H20N6O2S/c1-9(2)18-13-12(16-3)8-17-14(20-13)19-10-4-6-11(7-5-10)23(15,21)22/h4-9,16H,1-3H3,(H2,15,21,22)(H2,17,18,19,20). The van der Waals surface area contributed by atoms with Crippen molar-refractivity contribution in [3.63, 3.8) is 0 Å². The van der Waals surface area contributed by atoms with E-state index < -0.39 is 10.0 Å². The minimum Gasteiger partial charge on any atom is -0.384 e. The highest BCUT2D eigenvalue weighted by Crippen LogP contribution is 2.22. The Bertz CT molecular complexity index is 774. The van der Waals surface area contributed by atoms with Crippen LogP contribution in [0.4, 0.5) is 23.1 Å². The molecule has 124 valence electrons. The highest BCUT2D eigenvalue weighted by Gasteiger charge is 2.09. The van der Waals surface area contributed by atoms with E-state index >= 15 is 0 Å². The van der Waals surface area contributed by atoms with Crippen molar-refractivity contribution in [1.82, 2.24) is 9.97 Å². The molecule has 0 unspecified atom stereocenters. The number of aromatic nitrogens is 2. The largest absolute Gasteiger partial charge is 0.384 e. The topological polar surface area (TPSA) is 122 Å². The van der Waals surface area contributed by atoms with Gasteiger partial charge in [0.25, 0.3) is 0 Å². The minimum atomic E-state index is -3.70. The van der Waals surface area contributed by atoms with Gasteiger partial charge in [-0.3, -0.25) is 0 Å². The first-order valence-electron chi connectivity index (χ1n) is 7.01. The summed E-state index contributed by atoms with van der Waals surface area (Å²) < 4.78 is 22.5. The zero-order chi connectivity index (χ0) is 17.0. The highest BCUT2D eigenvalue weighted by atomic mass is 32.2. The Hall–Kier alpha value is -2.39. The SMILES string of the molecule is CNc1cnc(Nc2ccc(S(N)(=O)=O)cc2)nc1NC(C)C. The van der Waals surface area contributed by atoms with Gasteiger partial charge in [0, 0.05) is 18.8 Å². The fourth-order valence-electron chi connectivity index (χ4n) is 1.87. The third-order valence-electron chi connectivity index (χ3n) is 2.92. The highest BCUT2D eigenvalue weighted by molar-refractivity contribution is 7.89. The van der Waals surface area contributed by atoms with Gasteiger partial charge in [-0.2, -0.15) is 4.98 Å². The number of nitrogens with one attached hydrogen (secondary N) is 3. The lowest BCUT2D eigenvalue weighted by Crippen LogP contribution is -2.14. The summed E-state index contributed by atoms with van der Waals surface area (Å²) in [5.74, 6) is 1.08. The Kier molecular flexibility index (Phi) is 5.02. The van der Waals surface area contributed by atoms with Crippen LogP contribution >= 0.6 is 0 Å². The van der Waals surface area contributed by atoms with Gasteiger partial charge in [0.05, 0.1) is 16.8 Å². The van der Waals surface area contributed by atoms with Gasteiger partial charge in [-0.05, 0) is 38.1 Å². The summed E-state index contributed by atoms with van der Waals surface area (Å²) in [6, 6.07) is 6.27. The Morgan fingerprint density at radius 2 is 1.83 bits per heavy atom. The number of benzene rings is 1. The van der Waals surface area contributed by atoms with E-state index in [1.165, 1.54) is 12.1 Å². The molecule has 9 heteroatoms. The molecule has 0 aliphatic rings. The van der Waals surface area contributed by atoms with Crippen molar-refractivity contribution in [1.29, 1.82) is 0 Å². The fourth-order valence-corrected chi connectivity index (χ4v) is 2.38. The maximum atomic E-state index is 11.2. The van der Waals surface area contributed by atoms with Crippen LogP contribution < -0.4 is 21.1 Å². The van der Waals surface area contributed by atoms with Gasteiger partial charge >= 0.3 is 0 Å². The lowest BCUT2D eigenvalue weighted by Gasteiger charge is -2.14. The van der Waals surface area contributed by atoms with E-state index in [2.05, 4.69) is 25.9 Å². The zero-order valence-corrected chi connectivity index (χ0v) is 14.0. The Morgan fingerprint density at radius 1 is 1.17 bits per heavy atom. The molecule has 2 rings (SSSR count). The number of primary sulfonamides is 1. The minimum absolute atomic E-state index is 0.0525. The molecule has 0 atom stereocenters. The van der Waals surface area contributed by atoms with Crippen LogP contribution in [-0.4, -0.2) is 31.5 Å². The monoisotopic (exact) mass is 336 g/mol. The van der Waals surface area contributed by atoms with Crippen molar-refractivity contribution in [2.45, 2.75) is 24.8 Å². The van der Waals surface area contributed by atoms with Gasteiger partial charge in [-0.1, -0.05) is 0 Å². The van der Waals surface area contributed by atoms with Gasteiger partial charge in [-0.15, -0.1) is 0 Å². The zero-order valence-electron chi connectivity index (χ0n) is 13.2. The van der Waals surface area contributed by atoms with Crippen molar-refractivity contribution in [3.8, 4) is 0 Å². The second kappa shape index (κ2) is 6.80. The van der Waals surface area contributed by atoms with Gasteiger partial charge in [0.1, 0.15) is 0 Å². The van der Waals surface area contributed by atoms with Crippen molar-refractivity contribution in [2.24, 2.45) is 5.14 Å². The molecule has 23 heavy (non-hydrogen) atoms. The van der Waals surface area contributed by atoms with Crippen LogP contribution in [0.5, 0.6) is 0 Å². The first-order valence-corrected chi connectivity index (χ1v) is 8.55. The molecule has 0 aliphatic heterocycles. The van der Waals surface area contributed by atoms with Gasteiger partial charge in [0.15, 0.2) is 5.82 Å². The average Bonchev–Trinajstić information content (AvgIpc) is 2.46. The van der Waals surface area contributed by atoms with E-state index in [4.69, 9.17) is 5.14 Å². The second-order valence-corrected chi connectivity index (χ2v) is 6.76. The third-order valence-corrected chi connectivity index (χ3v) is 3.85. The van der Waals surface area contributed by atoms with E-state index in [-0.39, 0.29) is 10.9 Å². The molecule has 1 aromatic carbocycles. The molecule has 1 aromatic heterocycles. The van der Waals surface area contributed by atoms with Crippen LogP contribution in [0, 0.1) is 0 Å².